The molecule has 154 valence electrons. The Labute approximate surface area is 171 Å². The van der Waals surface area contributed by atoms with E-state index in [1.165, 1.54) is 30.1 Å². The molecule has 0 aliphatic heterocycles. The van der Waals surface area contributed by atoms with Crippen LogP contribution in [0.1, 0.15) is 18.1 Å². The van der Waals surface area contributed by atoms with Crippen LogP contribution in [0.2, 0.25) is 0 Å². The molecule has 0 spiro atoms. The van der Waals surface area contributed by atoms with Crippen LogP contribution in [0.15, 0.2) is 51.8 Å². The molecular weight excluding hydrogens is 395 g/mol. The molecule has 1 aromatic heterocycles. The van der Waals surface area contributed by atoms with Crippen LogP contribution in [0, 0.1) is 5.82 Å². The Morgan fingerprint density at radius 1 is 1.38 bits per heavy atom. The number of H-pyrrole nitrogens is 1. The van der Waals surface area contributed by atoms with Crippen LogP contribution in [0.25, 0.3) is 16.0 Å². The van der Waals surface area contributed by atoms with E-state index in [1.807, 2.05) is 13.0 Å². The van der Waals surface area contributed by atoms with Gasteiger partial charge in [-0.05, 0) is 48.7 Å². The second-order valence-electron chi connectivity index (χ2n) is 6.67. The van der Waals surface area contributed by atoms with Gasteiger partial charge in [-0.25, -0.2) is 9.18 Å². The third kappa shape index (κ3) is 5.41. The topological polar surface area (TPSA) is 130 Å². The molecule has 0 aliphatic rings. The molecule has 0 saturated carbocycles. The Hall–Kier alpha value is -2.75. The van der Waals surface area contributed by atoms with Crippen molar-refractivity contribution in [3.05, 3.63) is 70.1 Å². The molecule has 7 N–H and O–H groups in total. The maximum atomic E-state index is 13.4. The van der Waals surface area contributed by atoms with Gasteiger partial charge in [0.05, 0.1) is 10.9 Å². The quantitative estimate of drug-likeness (QED) is 0.355. The number of aromatic hydroxyl groups is 1. The van der Waals surface area contributed by atoms with Crippen molar-refractivity contribution in [1.82, 2.24) is 10.3 Å². The molecule has 2 unspecified atom stereocenters. The Balaban J connectivity index is 1.55. The molecular formula is C20H23FN4O3S. The van der Waals surface area contributed by atoms with Crippen molar-refractivity contribution in [2.24, 2.45) is 11.5 Å². The summed E-state index contributed by atoms with van der Waals surface area (Å²) in [5, 5.41) is 12.6. The van der Waals surface area contributed by atoms with Crippen molar-refractivity contribution in [2.75, 3.05) is 6.54 Å². The minimum absolute atomic E-state index is 0.00124. The highest BCUT2D eigenvalue weighted by atomic mass is 32.2. The van der Waals surface area contributed by atoms with E-state index in [0.717, 1.165) is 16.0 Å². The number of thioether (sulfide) groups is 1. The van der Waals surface area contributed by atoms with Gasteiger partial charge in [-0.15, -0.1) is 11.8 Å². The van der Waals surface area contributed by atoms with Gasteiger partial charge in [-0.1, -0.05) is 12.1 Å². The Morgan fingerprint density at radius 3 is 2.90 bits per heavy atom. The Kier molecular flexibility index (Phi) is 6.63. The SMILES string of the molecule is CC(NCC(N)Cc1ccc(O)c(F)c1)S/C(=C\N)c1ccc2[nH]c(=O)oc2c1. The third-order valence-electron chi connectivity index (χ3n) is 4.34. The van der Waals surface area contributed by atoms with E-state index in [2.05, 4.69) is 10.3 Å². The summed E-state index contributed by atoms with van der Waals surface area (Å²) in [6, 6.07) is 9.43. The van der Waals surface area contributed by atoms with Crippen LogP contribution in [-0.4, -0.2) is 28.1 Å². The summed E-state index contributed by atoms with van der Waals surface area (Å²) in [6.07, 6.45) is 1.98. The number of benzene rings is 2. The number of fused-ring (bicyclic) bond motifs is 1. The zero-order valence-corrected chi connectivity index (χ0v) is 16.6. The van der Waals surface area contributed by atoms with Gasteiger partial charge in [-0.3, -0.25) is 4.98 Å². The van der Waals surface area contributed by atoms with E-state index < -0.39 is 11.6 Å². The highest BCUT2D eigenvalue weighted by Gasteiger charge is 2.13. The van der Waals surface area contributed by atoms with Crippen LogP contribution >= 0.6 is 11.8 Å². The van der Waals surface area contributed by atoms with Crippen LogP contribution < -0.4 is 22.5 Å². The molecule has 0 fully saturated rings. The number of nitrogens with two attached hydrogens (primary N) is 2. The zero-order valence-electron chi connectivity index (χ0n) is 15.8. The molecule has 2 atom stereocenters. The van der Waals surface area contributed by atoms with Crippen LogP contribution in [0.3, 0.4) is 0 Å². The van der Waals surface area contributed by atoms with Crippen molar-refractivity contribution >= 4 is 27.8 Å². The predicted octanol–water partition coefficient (Wildman–Crippen LogP) is 2.46. The average molecular weight is 418 g/mol. The first-order valence-electron chi connectivity index (χ1n) is 9.04. The van der Waals surface area contributed by atoms with E-state index in [4.69, 9.17) is 15.9 Å². The van der Waals surface area contributed by atoms with Crippen molar-refractivity contribution < 1.29 is 13.9 Å². The molecule has 29 heavy (non-hydrogen) atoms. The Bertz CT molecular complexity index is 1080. The summed E-state index contributed by atoms with van der Waals surface area (Å²) in [4.78, 5) is 14.7. The van der Waals surface area contributed by atoms with Crippen molar-refractivity contribution in [2.45, 2.75) is 24.8 Å². The van der Waals surface area contributed by atoms with Gasteiger partial charge in [0.1, 0.15) is 0 Å². The fourth-order valence-corrected chi connectivity index (χ4v) is 3.81. The van der Waals surface area contributed by atoms with Gasteiger partial charge in [0.2, 0.25) is 0 Å². The summed E-state index contributed by atoms with van der Waals surface area (Å²) >= 11 is 1.51. The number of halogens is 1. The molecule has 3 rings (SSSR count). The highest BCUT2D eigenvalue weighted by molar-refractivity contribution is 8.08. The van der Waals surface area contributed by atoms with Crippen molar-refractivity contribution in [1.29, 1.82) is 0 Å². The molecule has 1 heterocycles. The minimum atomic E-state index is -0.653. The molecule has 0 aliphatic carbocycles. The zero-order chi connectivity index (χ0) is 21.0. The smallest absolute Gasteiger partial charge is 0.417 e. The van der Waals surface area contributed by atoms with Crippen molar-refractivity contribution in [3.63, 3.8) is 0 Å². The lowest BCUT2D eigenvalue weighted by Gasteiger charge is -2.19. The minimum Gasteiger partial charge on any atom is -0.505 e. The molecule has 0 amide bonds. The van der Waals surface area contributed by atoms with E-state index in [0.29, 0.717) is 24.1 Å². The molecule has 3 aromatic rings. The van der Waals surface area contributed by atoms with Gasteiger partial charge >= 0.3 is 5.76 Å². The molecule has 9 heteroatoms. The number of aromatic amines is 1. The molecule has 0 radical (unpaired) electrons. The van der Waals surface area contributed by atoms with Gasteiger partial charge < -0.3 is 26.3 Å². The molecule has 0 bridgehead atoms. The fraction of sp³-hybridized carbons (Fsp3) is 0.250. The summed E-state index contributed by atoms with van der Waals surface area (Å²) < 4.78 is 18.5. The number of aromatic nitrogens is 1. The maximum absolute atomic E-state index is 13.4. The van der Waals surface area contributed by atoms with Crippen LogP contribution in [-0.2, 0) is 6.42 Å². The summed E-state index contributed by atoms with van der Waals surface area (Å²) in [7, 11) is 0. The first kappa shape index (κ1) is 21.0. The first-order chi connectivity index (χ1) is 13.9. The lowest BCUT2D eigenvalue weighted by atomic mass is 10.1. The van der Waals surface area contributed by atoms with Crippen LogP contribution in [0.5, 0.6) is 5.75 Å². The van der Waals surface area contributed by atoms with E-state index in [1.54, 1.807) is 18.2 Å². The van der Waals surface area contributed by atoms with E-state index in [9.17, 15) is 14.3 Å². The number of rotatable bonds is 8. The van der Waals surface area contributed by atoms with Crippen molar-refractivity contribution in [3.8, 4) is 5.75 Å². The lowest BCUT2D eigenvalue weighted by molar-refractivity contribution is 0.431. The third-order valence-corrected chi connectivity index (χ3v) is 5.48. The number of hydrogen-bond acceptors (Lipinski definition) is 7. The number of nitrogens with one attached hydrogen (secondary N) is 2. The second-order valence-corrected chi connectivity index (χ2v) is 8.06. The molecule has 7 nitrogen and oxygen atoms in total. The number of hydrogen-bond donors (Lipinski definition) is 5. The molecule has 2 aromatic carbocycles. The Morgan fingerprint density at radius 2 is 2.17 bits per heavy atom. The summed E-state index contributed by atoms with van der Waals surface area (Å²) in [5.41, 5.74) is 14.6. The summed E-state index contributed by atoms with van der Waals surface area (Å²) in [6.45, 7) is 2.50. The predicted molar refractivity (Wildman–Crippen MR) is 114 cm³/mol. The normalized spacial score (nSPS) is 14.2. The number of phenols is 1. The largest absolute Gasteiger partial charge is 0.505 e. The van der Waals surface area contributed by atoms with Crippen LogP contribution in [0.4, 0.5) is 4.39 Å². The fourth-order valence-electron chi connectivity index (χ4n) is 2.90. The standard InChI is InChI=1S/C20H23FN4O3S/c1-11(24-10-14(23)6-12-2-5-17(26)15(21)7-12)29-19(9-22)13-3-4-16-18(8-13)28-20(27)25-16/h2-5,7-9,11,14,24,26H,6,10,22-23H2,1H3,(H,25,27)/b19-9-. The lowest BCUT2D eigenvalue weighted by Crippen LogP contribution is -2.38. The van der Waals surface area contributed by atoms with Gasteiger partial charge in [0.15, 0.2) is 17.1 Å². The first-order valence-corrected chi connectivity index (χ1v) is 9.92. The second kappa shape index (κ2) is 9.17. The molecule has 0 saturated heterocycles. The highest BCUT2D eigenvalue weighted by Crippen LogP contribution is 2.30. The van der Waals surface area contributed by atoms with Gasteiger partial charge in [0, 0.05) is 23.7 Å². The van der Waals surface area contributed by atoms with E-state index >= 15 is 0 Å². The number of phenolic OH excluding ortho intramolecular Hbond substituents is 1. The number of oxazole rings is 1. The van der Waals surface area contributed by atoms with Gasteiger partial charge in [-0.2, -0.15) is 0 Å². The maximum Gasteiger partial charge on any atom is 0.417 e. The van der Waals surface area contributed by atoms with E-state index in [-0.39, 0.29) is 17.2 Å². The average Bonchev–Trinajstić information content (AvgIpc) is 3.06. The van der Waals surface area contributed by atoms with Gasteiger partial charge in [0.25, 0.3) is 0 Å². The monoisotopic (exact) mass is 418 g/mol. The summed E-state index contributed by atoms with van der Waals surface area (Å²) in [5.74, 6) is -1.52.